The molecule has 5 heteroatoms. The number of rotatable bonds is 3. The van der Waals surface area contributed by atoms with Gasteiger partial charge in [0, 0.05) is 11.1 Å². The van der Waals surface area contributed by atoms with Crippen LogP contribution in [0.3, 0.4) is 0 Å². The SMILES string of the molecule is CCc1cc(N)cc2ccc(C#N)c(OC(F)F)c12. The molecule has 0 saturated carbocycles. The van der Waals surface area contributed by atoms with Gasteiger partial charge in [-0.2, -0.15) is 14.0 Å². The van der Waals surface area contributed by atoms with E-state index in [4.69, 9.17) is 11.0 Å². The van der Waals surface area contributed by atoms with Gasteiger partial charge in [0.25, 0.3) is 0 Å². The van der Waals surface area contributed by atoms with Gasteiger partial charge in [0.15, 0.2) is 5.75 Å². The molecule has 2 rings (SSSR count). The molecule has 0 heterocycles. The third kappa shape index (κ3) is 2.43. The van der Waals surface area contributed by atoms with Gasteiger partial charge in [-0.15, -0.1) is 0 Å². The van der Waals surface area contributed by atoms with Crippen molar-refractivity contribution >= 4 is 16.5 Å². The van der Waals surface area contributed by atoms with E-state index in [0.29, 0.717) is 22.9 Å². The first-order valence-electron chi connectivity index (χ1n) is 5.76. The Morgan fingerprint density at radius 2 is 2.11 bits per heavy atom. The van der Waals surface area contributed by atoms with Crippen molar-refractivity contribution < 1.29 is 13.5 Å². The summed E-state index contributed by atoms with van der Waals surface area (Å²) in [5.74, 6) is -0.0770. The van der Waals surface area contributed by atoms with Gasteiger partial charge in [0.2, 0.25) is 0 Å². The molecule has 0 saturated heterocycles. The molecule has 2 aromatic rings. The third-order valence-corrected chi connectivity index (χ3v) is 2.88. The molecule has 0 aliphatic carbocycles. The average Bonchev–Trinajstić information content (AvgIpc) is 2.37. The molecule has 0 radical (unpaired) electrons. The van der Waals surface area contributed by atoms with E-state index >= 15 is 0 Å². The molecule has 0 bridgehead atoms. The minimum Gasteiger partial charge on any atom is -0.433 e. The van der Waals surface area contributed by atoms with E-state index in [1.807, 2.05) is 13.0 Å². The molecule has 98 valence electrons. The van der Waals surface area contributed by atoms with E-state index in [2.05, 4.69) is 4.74 Å². The molecule has 0 aliphatic heterocycles. The van der Waals surface area contributed by atoms with Crippen LogP contribution in [0.15, 0.2) is 24.3 Å². The van der Waals surface area contributed by atoms with Crippen LogP contribution in [0.25, 0.3) is 10.8 Å². The number of ether oxygens (including phenoxy) is 1. The van der Waals surface area contributed by atoms with Crippen LogP contribution in [-0.2, 0) is 6.42 Å². The highest BCUT2D eigenvalue weighted by atomic mass is 19.3. The summed E-state index contributed by atoms with van der Waals surface area (Å²) in [5, 5.41) is 10.2. The van der Waals surface area contributed by atoms with Crippen LogP contribution < -0.4 is 10.5 Å². The Morgan fingerprint density at radius 3 is 2.68 bits per heavy atom. The number of fused-ring (bicyclic) bond motifs is 1. The first kappa shape index (κ1) is 13.1. The molecule has 0 amide bonds. The normalized spacial score (nSPS) is 10.7. The number of hydrogen-bond acceptors (Lipinski definition) is 3. The number of nitrogens with zero attached hydrogens (tertiary/aromatic N) is 1. The summed E-state index contributed by atoms with van der Waals surface area (Å²) < 4.78 is 29.6. The average molecular weight is 262 g/mol. The first-order chi connectivity index (χ1) is 9.06. The number of anilines is 1. The van der Waals surface area contributed by atoms with Crippen molar-refractivity contribution in [2.24, 2.45) is 0 Å². The second-order valence-electron chi connectivity index (χ2n) is 4.06. The number of halogens is 2. The molecule has 0 unspecified atom stereocenters. The second kappa shape index (κ2) is 5.11. The van der Waals surface area contributed by atoms with Crippen molar-refractivity contribution in [1.29, 1.82) is 5.26 Å². The largest absolute Gasteiger partial charge is 0.433 e. The van der Waals surface area contributed by atoms with Crippen LogP contribution in [0, 0.1) is 11.3 Å². The van der Waals surface area contributed by atoms with Crippen LogP contribution in [0.4, 0.5) is 14.5 Å². The highest BCUT2D eigenvalue weighted by molar-refractivity contribution is 5.95. The van der Waals surface area contributed by atoms with E-state index < -0.39 is 6.61 Å². The molecule has 0 aliphatic rings. The number of nitrogens with two attached hydrogens (primary N) is 1. The summed E-state index contributed by atoms with van der Waals surface area (Å²) in [7, 11) is 0. The highest BCUT2D eigenvalue weighted by Crippen LogP contribution is 2.35. The molecule has 0 spiro atoms. The van der Waals surface area contributed by atoms with E-state index in [0.717, 1.165) is 5.56 Å². The summed E-state index contributed by atoms with van der Waals surface area (Å²) in [5.41, 5.74) is 7.19. The lowest BCUT2D eigenvalue weighted by Gasteiger charge is -2.14. The van der Waals surface area contributed by atoms with Crippen LogP contribution >= 0.6 is 0 Å². The van der Waals surface area contributed by atoms with Crippen LogP contribution in [-0.4, -0.2) is 6.61 Å². The van der Waals surface area contributed by atoms with E-state index in [9.17, 15) is 8.78 Å². The summed E-state index contributed by atoms with van der Waals surface area (Å²) in [6.07, 6.45) is 0.607. The smallest absolute Gasteiger partial charge is 0.387 e. The molecular formula is C14H12F2N2O. The maximum absolute atomic E-state index is 12.5. The minimum atomic E-state index is -2.97. The summed E-state index contributed by atoms with van der Waals surface area (Å²) in [6.45, 7) is -1.08. The fourth-order valence-electron chi connectivity index (χ4n) is 2.12. The van der Waals surface area contributed by atoms with Crippen molar-refractivity contribution in [2.75, 3.05) is 5.73 Å². The maximum atomic E-state index is 12.5. The van der Waals surface area contributed by atoms with Gasteiger partial charge >= 0.3 is 6.61 Å². The molecule has 0 aromatic heterocycles. The van der Waals surface area contributed by atoms with Gasteiger partial charge in [0.05, 0.1) is 5.56 Å². The van der Waals surface area contributed by atoms with Crippen LogP contribution in [0.5, 0.6) is 5.75 Å². The first-order valence-corrected chi connectivity index (χ1v) is 5.76. The lowest BCUT2D eigenvalue weighted by atomic mass is 9.98. The van der Waals surface area contributed by atoms with E-state index in [1.54, 1.807) is 18.2 Å². The zero-order valence-corrected chi connectivity index (χ0v) is 10.3. The fraction of sp³-hybridized carbons (Fsp3) is 0.214. The zero-order chi connectivity index (χ0) is 14.0. The summed E-state index contributed by atoms with van der Waals surface area (Å²) in [4.78, 5) is 0. The van der Waals surface area contributed by atoms with Gasteiger partial charge in [-0.05, 0) is 35.6 Å². The maximum Gasteiger partial charge on any atom is 0.387 e. The Kier molecular flexibility index (Phi) is 3.52. The lowest BCUT2D eigenvalue weighted by Crippen LogP contribution is -2.05. The van der Waals surface area contributed by atoms with Gasteiger partial charge in [-0.3, -0.25) is 0 Å². The number of aryl methyl sites for hydroxylation is 1. The molecule has 0 fully saturated rings. The number of hydrogen-bond donors (Lipinski definition) is 1. The molecule has 19 heavy (non-hydrogen) atoms. The molecule has 2 N–H and O–H groups in total. The Bertz CT molecular complexity index is 663. The number of alkyl halides is 2. The third-order valence-electron chi connectivity index (χ3n) is 2.88. The zero-order valence-electron chi connectivity index (χ0n) is 10.3. The molecule has 3 nitrogen and oxygen atoms in total. The number of nitrogen functional groups attached to an aromatic ring is 1. The van der Waals surface area contributed by atoms with Gasteiger partial charge in [-0.1, -0.05) is 13.0 Å². The Morgan fingerprint density at radius 1 is 1.37 bits per heavy atom. The lowest BCUT2D eigenvalue weighted by molar-refractivity contribution is -0.0489. The molecule has 0 atom stereocenters. The Hall–Kier alpha value is -2.35. The van der Waals surface area contributed by atoms with Crippen LogP contribution in [0.1, 0.15) is 18.1 Å². The molecule has 2 aromatic carbocycles. The predicted octanol–water partition coefficient (Wildman–Crippen LogP) is 3.46. The Labute approximate surface area is 109 Å². The van der Waals surface area contributed by atoms with Crippen molar-refractivity contribution in [3.8, 4) is 11.8 Å². The van der Waals surface area contributed by atoms with Crippen molar-refractivity contribution in [3.05, 3.63) is 35.4 Å². The van der Waals surface area contributed by atoms with Crippen molar-refractivity contribution in [2.45, 2.75) is 20.0 Å². The topological polar surface area (TPSA) is 59.0 Å². The van der Waals surface area contributed by atoms with Gasteiger partial charge in [0.1, 0.15) is 6.07 Å². The van der Waals surface area contributed by atoms with Crippen molar-refractivity contribution in [1.82, 2.24) is 0 Å². The van der Waals surface area contributed by atoms with Crippen LogP contribution in [0.2, 0.25) is 0 Å². The number of benzene rings is 2. The van der Waals surface area contributed by atoms with Gasteiger partial charge < -0.3 is 10.5 Å². The highest BCUT2D eigenvalue weighted by Gasteiger charge is 2.16. The standard InChI is InChI=1S/C14H12F2N2O/c1-2-8-5-11(18)6-9-3-4-10(7-17)13(12(8)9)19-14(15)16/h3-6,14H,2,18H2,1H3. The van der Waals surface area contributed by atoms with E-state index in [1.165, 1.54) is 6.07 Å². The summed E-state index contributed by atoms with van der Waals surface area (Å²) in [6, 6.07) is 8.39. The monoisotopic (exact) mass is 262 g/mol. The van der Waals surface area contributed by atoms with Crippen molar-refractivity contribution in [3.63, 3.8) is 0 Å². The second-order valence-corrected chi connectivity index (χ2v) is 4.06. The fourth-order valence-corrected chi connectivity index (χ4v) is 2.12. The minimum absolute atomic E-state index is 0.0770. The summed E-state index contributed by atoms with van der Waals surface area (Å²) >= 11 is 0. The Balaban J connectivity index is 2.83. The van der Waals surface area contributed by atoms with Gasteiger partial charge in [-0.25, -0.2) is 0 Å². The molecular weight excluding hydrogens is 250 g/mol. The van der Waals surface area contributed by atoms with E-state index in [-0.39, 0.29) is 11.3 Å². The quantitative estimate of drug-likeness (QED) is 0.862. The number of nitriles is 1. The predicted molar refractivity (Wildman–Crippen MR) is 69.1 cm³/mol.